The predicted molar refractivity (Wildman–Crippen MR) is 89.0 cm³/mol. The maximum atomic E-state index is 12.1. The third kappa shape index (κ3) is 4.28. The van der Waals surface area contributed by atoms with Crippen molar-refractivity contribution in [1.82, 2.24) is 9.55 Å². The van der Waals surface area contributed by atoms with Gasteiger partial charge in [-0.05, 0) is 51.1 Å². The third-order valence-electron chi connectivity index (χ3n) is 3.33. The summed E-state index contributed by atoms with van der Waals surface area (Å²) < 4.78 is 6.19. The fourth-order valence-electron chi connectivity index (χ4n) is 2.22. The summed E-state index contributed by atoms with van der Waals surface area (Å²) in [6.45, 7) is 5.38. The van der Waals surface area contributed by atoms with Crippen LogP contribution < -0.4 is 11.0 Å². The summed E-state index contributed by atoms with van der Waals surface area (Å²) in [5.74, 6) is -0.766. The molecule has 0 saturated heterocycles. The number of nitrogens with zero attached hydrogens (tertiary/aromatic N) is 2. The van der Waals surface area contributed by atoms with E-state index in [9.17, 15) is 14.4 Å². The number of aryl methyl sites for hydroxylation is 2. The Kier molecular flexibility index (Phi) is 5.47. The predicted octanol–water partition coefficient (Wildman–Crippen LogP) is 1.68. The Morgan fingerprint density at radius 2 is 1.88 bits per heavy atom. The average Bonchev–Trinajstić information content (AvgIpc) is 2.52. The number of hydrogen-bond donors (Lipinski definition) is 1. The minimum atomic E-state index is -0.458. The summed E-state index contributed by atoms with van der Waals surface area (Å²) in [7, 11) is 0. The molecule has 2 rings (SSSR count). The van der Waals surface area contributed by atoms with E-state index in [1.165, 1.54) is 4.57 Å². The molecule has 0 radical (unpaired) electrons. The number of carbonyl (C=O) groups is 2. The van der Waals surface area contributed by atoms with E-state index in [4.69, 9.17) is 4.74 Å². The van der Waals surface area contributed by atoms with Crippen molar-refractivity contribution in [2.75, 3.05) is 11.9 Å². The Hall–Kier alpha value is -2.96. The highest BCUT2D eigenvalue weighted by Crippen LogP contribution is 2.11. The van der Waals surface area contributed by atoms with Crippen LogP contribution in [0.3, 0.4) is 0 Å². The lowest BCUT2D eigenvalue weighted by Crippen LogP contribution is -2.31. The largest absolute Gasteiger partial charge is 0.462 e. The van der Waals surface area contributed by atoms with Crippen LogP contribution in [0.2, 0.25) is 0 Å². The van der Waals surface area contributed by atoms with E-state index < -0.39 is 11.7 Å². The normalized spacial score (nSPS) is 10.3. The maximum absolute atomic E-state index is 12.1. The van der Waals surface area contributed by atoms with Gasteiger partial charge in [0.25, 0.3) is 0 Å². The van der Waals surface area contributed by atoms with Crippen molar-refractivity contribution in [1.29, 1.82) is 0 Å². The molecule has 126 valence electrons. The minimum Gasteiger partial charge on any atom is -0.462 e. The number of anilines is 1. The number of nitrogens with one attached hydrogen (secondary N) is 1. The number of ether oxygens (including phenoxy) is 1. The smallest absolute Gasteiger partial charge is 0.348 e. The molecule has 1 N–H and O–H groups in total. The van der Waals surface area contributed by atoms with Gasteiger partial charge in [-0.15, -0.1) is 0 Å². The molecule has 1 aromatic heterocycles. The Bertz CT molecular complexity index is 810. The average molecular weight is 329 g/mol. The summed E-state index contributed by atoms with van der Waals surface area (Å²) in [5, 5.41) is 2.68. The summed E-state index contributed by atoms with van der Waals surface area (Å²) in [6, 6.07) is 8.08. The van der Waals surface area contributed by atoms with Gasteiger partial charge < -0.3 is 10.1 Å². The molecule has 0 aliphatic rings. The minimum absolute atomic E-state index is 0.127. The van der Waals surface area contributed by atoms with Crippen molar-refractivity contribution in [2.24, 2.45) is 0 Å². The lowest BCUT2D eigenvalue weighted by molar-refractivity contribution is -0.116. The molecule has 0 fully saturated rings. The first kappa shape index (κ1) is 17.4. The van der Waals surface area contributed by atoms with Crippen molar-refractivity contribution in [2.45, 2.75) is 27.3 Å². The van der Waals surface area contributed by atoms with E-state index >= 15 is 0 Å². The van der Waals surface area contributed by atoms with Crippen LogP contribution >= 0.6 is 0 Å². The van der Waals surface area contributed by atoms with Crippen molar-refractivity contribution in [3.05, 3.63) is 57.8 Å². The van der Waals surface area contributed by atoms with E-state index in [1.807, 2.05) is 0 Å². The van der Waals surface area contributed by atoms with Crippen LogP contribution in [0.15, 0.2) is 35.1 Å². The zero-order valence-electron chi connectivity index (χ0n) is 13.8. The summed E-state index contributed by atoms with van der Waals surface area (Å²) in [6.07, 6.45) is 0. The molecule has 2 aromatic rings. The van der Waals surface area contributed by atoms with Gasteiger partial charge in [-0.25, -0.2) is 9.59 Å². The number of rotatable bonds is 5. The van der Waals surface area contributed by atoms with E-state index in [-0.39, 0.29) is 12.5 Å². The standard InChI is InChI=1S/C17H19N3O4/c1-4-24-16(22)13-5-7-14(8-6-13)19-15(21)10-20-12(3)9-11(2)18-17(20)23/h5-9H,4,10H2,1-3H3,(H,19,21). The van der Waals surface area contributed by atoms with Gasteiger partial charge in [-0.1, -0.05) is 0 Å². The van der Waals surface area contributed by atoms with Crippen LogP contribution in [-0.4, -0.2) is 28.0 Å². The van der Waals surface area contributed by atoms with Gasteiger partial charge in [0.1, 0.15) is 6.54 Å². The summed E-state index contributed by atoms with van der Waals surface area (Å²) in [4.78, 5) is 39.3. The van der Waals surface area contributed by atoms with Crippen molar-refractivity contribution < 1.29 is 14.3 Å². The van der Waals surface area contributed by atoms with Crippen LogP contribution in [0.25, 0.3) is 0 Å². The van der Waals surface area contributed by atoms with Gasteiger partial charge in [0.15, 0.2) is 0 Å². The molecule has 0 unspecified atom stereocenters. The molecular weight excluding hydrogens is 310 g/mol. The number of esters is 1. The Morgan fingerprint density at radius 1 is 1.21 bits per heavy atom. The zero-order valence-corrected chi connectivity index (χ0v) is 13.8. The van der Waals surface area contributed by atoms with Gasteiger partial charge in [-0.2, -0.15) is 4.98 Å². The van der Waals surface area contributed by atoms with Crippen molar-refractivity contribution in [3.8, 4) is 0 Å². The molecule has 0 saturated carbocycles. The Balaban J connectivity index is 2.05. The molecular formula is C17H19N3O4. The molecule has 24 heavy (non-hydrogen) atoms. The number of benzene rings is 1. The number of aromatic nitrogens is 2. The fourth-order valence-corrected chi connectivity index (χ4v) is 2.22. The highest BCUT2D eigenvalue weighted by Gasteiger charge is 2.10. The van der Waals surface area contributed by atoms with E-state index in [2.05, 4.69) is 10.3 Å². The maximum Gasteiger partial charge on any atom is 0.348 e. The molecule has 7 nitrogen and oxygen atoms in total. The lowest BCUT2D eigenvalue weighted by atomic mass is 10.2. The van der Waals surface area contributed by atoms with Gasteiger partial charge in [0.2, 0.25) is 5.91 Å². The van der Waals surface area contributed by atoms with Crippen LogP contribution in [-0.2, 0) is 16.1 Å². The second-order valence-electron chi connectivity index (χ2n) is 5.25. The first-order valence-electron chi connectivity index (χ1n) is 7.53. The number of hydrogen-bond acceptors (Lipinski definition) is 5. The van der Waals surface area contributed by atoms with Crippen LogP contribution in [0.5, 0.6) is 0 Å². The molecule has 1 heterocycles. The van der Waals surface area contributed by atoms with Crippen LogP contribution in [0.4, 0.5) is 5.69 Å². The van der Waals surface area contributed by atoms with Gasteiger partial charge >= 0.3 is 11.7 Å². The summed E-state index contributed by atoms with van der Waals surface area (Å²) >= 11 is 0. The molecule has 0 aliphatic heterocycles. The molecule has 1 aromatic carbocycles. The topological polar surface area (TPSA) is 90.3 Å². The molecule has 0 atom stereocenters. The molecule has 7 heteroatoms. The van der Waals surface area contributed by atoms with E-state index in [0.29, 0.717) is 29.2 Å². The number of carbonyl (C=O) groups excluding carboxylic acids is 2. The van der Waals surface area contributed by atoms with Gasteiger partial charge in [0, 0.05) is 17.1 Å². The zero-order chi connectivity index (χ0) is 17.7. The first-order valence-corrected chi connectivity index (χ1v) is 7.53. The molecule has 0 spiro atoms. The SMILES string of the molecule is CCOC(=O)c1ccc(NC(=O)Cn2c(C)cc(C)nc2=O)cc1. The Morgan fingerprint density at radius 3 is 2.46 bits per heavy atom. The Labute approximate surface area is 139 Å². The number of amides is 1. The quantitative estimate of drug-likeness (QED) is 0.843. The molecule has 0 aliphatic carbocycles. The van der Waals surface area contributed by atoms with Crippen LogP contribution in [0.1, 0.15) is 28.7 Å². The van der Waals surface area contributed by atoms with E-state index in [1.54, 1.807) is 51.1 Å². The third-order valence-corrected chi connectivity index (χ3v) is 3.33. The van der Waals surface area contributed by atoms with Gasteiger partial charge in [0.05, 0.1) is 12.2 Å². The second-order valence-corrected chi connectivity index (χ2v) is 5.25. The highest BCUT2D eigenvalue weighted by molar-refractivity contribution is 5.93. The van der Waals surface area contributed by atoms with Crippen molar-refractivity contribution >= 4 is 17.6 Å². The summed E-state index contributed by atoms with van der Waals surface area (Å²) in [5.41, 5.74) is 1.76. The van der Waals surface area contributed by atoms with Gasteiger partial charge in [-0.3, -0.25) is 9.36 Å². The first-order chi connectivity index (χ1) is 11.4. The molecule has 1 amide bonds. The fraction of sp³-hybridized carbons (Fsp3) is 0.294. The second kappa shape index (κ2) is 7.54. The van der Waals surface area contributed by atoms with E-state index in [0.717, 1.165) is 0 Å². The monoisotopic (exact) mass is 329 g/mol. The highest BCUT2D eigenvalue weighted by atomic mass is 16.5. The van der Waals surface area contributed by atoms with Crippen LogP contribution in [0, 0.1) is 13.8 Å². The molecule has 0 bridgehead atoms. The lowest BCUT2D eigenvalue weighted by Gasteiger charge is -2.10. The van der Waals surface area contributed by atoms with Crippen molar-refractivity contribution in [3.63, 3.8) is 0 Å².